The molecule has 0 radical (unpaired) electrons. The van der Waals surface area contributed by atoms with Crippen LogP contribution in [0.4, 0.5) is 4.39 Å². The maximum absolute atomic E-state index is 13.5. The first-order chi connectivity index (χ1) is 13.1. The molecule has 2 fully saturated rings. The van der Waals surface area contributed by atoms with Crippen molar-refractivity contribution in [1.29, 1.82) is 0 Å². The monoisotopic (exact) mass is 502 g/mol. The van der Waals surface area contributed by atoms with E-state index >= 15 is 0 Å². The van der Waals surface area contributed by atoms with E-state index < -0.39 is 0 Å². The Morgan fingerprint density at radius 2 is 1.89 bits per heavy atom. The van der Waals surface area contributed by atoms with Crippen LogP contribution in [0, 0.1) is 11.7 Å². The molecular weight excluding hydrogens is 470 g/mol. The fraction of sp³-hybridized carbons (Fsp3) is 0.619. The van der Waals surface area contributed by atoms with Gasteiger partial charge in [-0.15, -0.1) is 24.0 Å². The van der Waals surface area contributed by atoms with Gasteiger partial charge in [-0.3, -0.25) is 9.79 Å². The third-order valence-electron chi connectivity index (χ3n) is 5.80. The summed E-state index contributed by atoms with van der Waals surface area (Å²) in [7, 11) is 1.73. The van der Waals surface area contributed by atoms with Crippen LogP contribution < -0.4 is 16.0 Å². The van der Waals surface area contributed by atoms with Crippen molar-refractivity contribution in [2.75, 3.05) is 26.7 Å². The van der Waals surface area contributed by atoms with Gasteiger partial charge in [0.25, 0.3) is 0 Å². The highest BCUT2D eigenvalue weighted by molar-refractivity contribution is 14.0. The van der Waals surface area contributed by atoms with Gasteiger partial charge in [-0.2, -0.15) is 0 Å². The van der Waals surface area contributed by atoms with Gasteiger partial charge in [-0.1, -0.05) is 25.0 Å². The molecule has 2 saturated carbocycles. The fourth-order valence-electron chi connectivity index (χ4n) is 3.94. The Bertz CT molecular complexity index is 672. The van der Waals surface area contributed by atoms with E-state index in [-0.39, 0.29) is 41.1 Å². The van der Waals surface area contributed by atoms with Crippen LogP contribution in [0.1, 0.15) is 50.5 Å². The molecule has 0 saturated heterocycles. The summed E-state index contributed by atoms with van der Waals surface area (Å²) in [6.45, 7) is 1.94. The molecule has 3 N–H and O–H groups in total. The average Bonchev–Trinajstić information content (AvgIpc) is 3.29. The second-order valence-electron chi connectivity index (χ2n) is 7.85. The second-order valence-corrected chi connectivity index (χ2v) is 7.85. The molecule has 1 aromatic carbocycles. The molecule has 2 aliphatic carbocycles. The Morgan fingerprint density at radius 3 is 2.54 bits per heavy atom. The van der Waals surface area contributed by atoms with Crippen molar-refractivity contribution in [3.05, 3.63) is 35.6 Å². The maximum Gasteiger partial charge on any atom is 0.220 e. The zero-order valence-corrected chi connectivity index (χ0v) is 18.9. The van der Waals surface area contributed by atoms with Gasteiger partial charge >= 0.3 is 0 Å². The Balaban J connectivity index is 0.00000280. The van der Waals surface area contributed by atoms with E-state index in [9.17, 15) is 9.18 Å². The molecule has 3 rings (SSSR count). The van der Waals surface area contributed by atoms with Gasteiger partial charge in [0, 0.05) is 38.5 Å². The quantitative estimate of drug-likeness (QED) is 0.221. The molecule has 0 unspecified atom stereocenters. The third kappa shape index (κ3) is 6.60. The lowest BCUT2D eigenvalue weighted by Crippen LogP contribution is -2.44. The van der Waals surface area contributed by atoms with Crippen molar-refractivity contribution in [3.8, 4) is 0 Å². The van der Waals surface area contributed by atoms with E-state index in [1.807, 2.05) is 6.07 Å². The van der Waals surface area contributed by atoms with E-state index in [1.165, 1.54) is 31.7 Å². The lowest BCUT2D eigenvalue weighted by atomic mass is 9.96. The van der Waals surface area contributed by atoms with Crippen molar-refractivity contribution < 1.29 is 9.18 Å². The Kier molecular flexibility index (Phi) is 8.98. The van der Waals surface area contributed by atoms with Gasteiger partial charge in [-0.25, -0.2) is 4.39 Å². The average molecular weight is 502 g/mol. The first-order valence-electron chi connectivity index (χ1n) is 10.1. The van der Waals surface area contributed by atoms with Gasteiger partial charge in [-0.05, 0) is 49.3 Å². The molecule has 28 heavy (non-hydrogen) atoms. The van der Waals surface area contributed by atoms with Crippen LogP contribution in [0.5, 0.6) is 0 Å². The Hall–Kier alpha value is -1.38. The predicted molar refractivity (Wildman–Crippen MR) is 122 cm³/mol. The van der Waals surface area contributed by atoms with Crippen molar-refractivity contribution in [1.82, 2.24) is 16.0 Å². The van der Waals surface area contributed by atoms with Crippen LogP contribution in [-0.2, 0) is 10.2 Å². The molecule has 0 atom stereocenters. The van der Waals surface area contributed by atoms with Crippen molar-refractivity contribution in [2.24, 2.45) is 10.9 Å². The van der Waals surface area contributed by atoms with E-state index in [0.717, 1.165) is 24.9 Å². The van der Waals surface area contributed by atoms with Gasteiger partial charge < -0.3 is 16.0 Å². The molecule has 0 heterocycles. The molecule has 0 aromatic heterocycles. The van der Waals surface area contributed by atoms with Gasteiger partial charge in [0.15, 0.2) is 5.96 Å². The number of nitrogens with zero attached hydrogens (tertiary/aromatic N) is 1. The molecule has 5 nitrogen and oxygen atoms in total. The molecule has 1 amide bonds. The summed E-state index contributed by atoms with van der Waals surface area (Å²) < 4.78 is 13.5. The standard InChI is InChI=1S/C21H31FN4O.HI/c1-23-20(25-12-11-24-19(27)13-16-5-2-3-6-16)26-15-21(9-10-21)17-7-4-8-18(22)14-17;/h4,7-8,14,16H,2-3,5-6,9-13,15H2,1H3,(H,24,27)(H2,23,25,26);1H. The minimum Gasteiger partial charge on any atom is -0.356 e. The summed E-state index contributed by atoms with van der Waals surface area (Å²) in [4.78, 5) is 16.2. The van der Waals surface area contributed by atoms with E-state index in [0.29, 0.717) is 31.4 Å². The van der Waals surface area contributed by atoms with Crippen molar-refractivity contribution in [2.45, 2.75) is 50.4 Å². The maximum atomic E-state index is 13.5. The number of benzene rings is 1. The van der Waals surface area contributed by atoms with E-state index in [1.54, 1.807) is 19.2 Å². The number of carbonyl (C=O) groups is 1. The number of hydrogen-bond acceptors (Lipinski definition) is 2. The smallest absolute Gasteiger partial charge is 0.220 e. The molecule has 0 aliphatic heterocycles. The number of rotatable bonds is 8. The van der Waals surface area contributed by atoms with E-state index in [2.05, 4.69) is 20.9 Å². The van der Waals surface area contributed by atoms with Crippen LogP contribution in [0.3, 0.4) is 0 Å². The summed E-state index contributed by atoms with van der Waals surface area (Å²) in [6.07, 6.45) is 7.67. The first-order valence-corrected chi connectivity index (χ1v) is 10.1. The largest absolute Gasteiger partial charge is 0.356 e. The lowest BCUT2D eigenvalue weighted by Gasteiger charge is -2.19. The highest BCUT2D eigenvalue weighted by atomic mass is 127. The Morgan fingerprint density at radius 1 is 1.18 bits per heavy atom. The normalized spacial score (nSPS) is 18.3. The SMILES string of the molecule is CN=C(NCCNC(=O)CC1CCCC1)NCC1(c2cccc(F)c2)CC1.I. The summed E-state index contributed by atoms with van der Waals surface area (Å²) in [6, 6.07) is 6.87. The number of guanidine groups is 1. The Labute approximate surface area is 184 Å². The summed E-state index contributed by atoms with van der Waals surface area (Å²) in [5, 5.41) is 9.55. The molecule has 2 aliphatic rings. The zero-order chi connectivity index (χ0) is 19.1. The summed E-state index contributed by atoms with van der Waals surface area (Å²) in [5.74, 6) is 1.25. The topological polar surface area (TPSA) is 65.5 Å². The number of nitrogens with one attached hydrogen (secondary N) is 3. The fourth-order valence-corrected chi connectivity index (χ4v) is 3.94. The molecule has 7 heteroatoms. The third-order valence-corrected chi connectivity index (χ3v) is 5.80. The summed E-state index contributed by atoms with van der Waals surface area (Å²) >= 11 is 0. The number of hydrogen-bond donors (Lipinski definition) is 3. The number of carbonyl (C=O) groups excluding carboxylic acids is 1. The predicted octanol–water partition coefficient (Wildman–Crippen LogP) is 3.34. The molecule has 156 valence electrons. The highest BCUT2D eigenvalue weighted by Gasteiger charge is 2.44. The van der Waals surface area contributed by atoms with Crippen LogP contribution in [0.25, 0.3) is 0 Å². The zero-order valence-electron chi connectivity index (χ0n) is 16.6. The van der Waals surface area contributed by atoms with Crippen LogP contribution in [0.15, 0.2) is 29.3 Å². The van der Waals surface area contributed by atoms with Crippen LogP contribution in [-0.4, -0.2) is 38.5 Å². The van der Waals surface area contributed by atoms with Gasteiger partial charge in [0.05, 0.1) is 0 Å². The lowest BCUT2D eigenvalue weighted by molar-refractivity contribution is -0.121. The minimum atomic E-state index is -0.186. The molecular formula is C21H32FIN4O. The number of amides is 1. The molecule has 0 bridgehead atoms. The van der Waals surface area contributed by atoms with Crippen LogP contribution >= 0.6 is 24.0 Å². The van der Waals surface area contributed by atoms with Crippen LogP contribution in [0.2, 0.25) is 0 Å². The van der Waals surface area contributed by atoms with Gasteiger partial charge in [0.1, 0.15) is 5.82 Å². The molecule has 0 spiro atoms. The van der Waals surface area contributed by atoms with Gasteiger partial charge in [0.2, 0.25) is 5.91 Å². The summed E-state index contributed by atoms with van der Waals surface area (Å²) in [5.41, 5.74) is 1.06. The number of halogens is 2. The van der Waals surface area contributed by atoms with Crippen molar-refractivity contribution in [3.63, 3.8) is 0 Å². The van der Waals surface area contributed by atoms with E-state index in [4.69, 9.17) is 0 Å². The first kappa shape index (κ1) is 22.9. The molecule has 1 aromatic rings. The highest BCUT2D eigenvalue weighted by Crippen LogP contribution is 2.47. The second kappa shape index (κ2) is 11.0. The van der Waals surface area contributed by atoms with Crippen molar-refractivity contribution >= 4 is 35.8 Å². The minimum absolute atomic E-state index is 0. The number of aliphatic imine (C=N–C) groups is 1.